The molecule has 0 aromatic heterocycles. The van der Waals surface area contributed by atoms with Gasteiger partial charge in [0.25, 0.3) is 5.91 Å². The van der Waals surface area contributed by atoms with Crippen molar-refractivity contribution in [2.45, 2.75) is 6.42 Å². The molecule has 1 aliphatic rings. The van der Waals surface area contributed by atoms with E-state index in [0.717, 1.165) is 23.4 Å². The maximum atomic E-state index is 12.3. The van der Waals surface area contributed by atoms with E-state index in [4.69, 9.17) is 21.1 Å². The van der Waals surface area contributed by atoms with E-state index in [1.165, 1.54) is 0 Å². The van der Waals surface area contributed by atoms with Crippen molar-refractivity contribution in [2.24, 2.45) is 0 Å². The number of anilines is 1. The number of methoxy groups -OCH3 is 1. The van der Waals surface area contributed by atoms with E-state index in [1.807, 2.05) is 18.2 Å². The third kappa shape index (κ3) is 3.02. The Bertz CT molecular complexity index is 685. The second-order valence-corrected chi connectivity index (χ2v) is 5.47. The van der Waals surface area contributed by atoms with E-state index in [1.54, 1.807) is 36.3 Å². The van der Waals surface area contributed by atoms with Gasteiger partial charge in [-0.25, -0.2) is 0 Å². The third-order valence-electron chi connectivity index (χ3n) is 3.66. The Morgan fingerprint density at radius 2 is 1.91 bits per heavy atom. The molecule has 1 amide bonds. The Balaban J connectivity index is 1.66. The highest BCUT2D eigenvalue weighted by Crippen LogP contribution is 2.31. The lowest BCUT2D eigenvalue weighted by Crippen LogP contribution is -2.33. The number of nitrogens with zero attached hydrogens (tertiary/aromatic N) is 1. The van der Waals surface area contributed by atoms with Crippen LogP contribution in [-0.2, 0) is 11.2 Å². The first-order valence-corrected chi connectivity index (χ1v) is 7.41. The lowest BCUT2D eigenvalue weighted by Gasteiger charge is -2.18. The standard InChI is InChI=1S/C17H16ClNO3/c1-21-15-6-7-16-12(10-15)8-9-19(16)17(20)11-22-14-4-2-13(18)3-5-14/h2-7,10H,8-9,11H2,1H3. The van der Waals surface area contributed by atoms with Crippen LogP contribution in [-0.4, -0.2) is 26.2 Å². The summed E-state index contributed by atoms with van der Waals surface area (Å²) in [5, 5.41) is 0.640. The fourth-order valence-electron chi connectivity index (χ4n) is 2.52. The Morgan fingerprint density at radius 1 is 1.18 bits per heavy atom. The van der Waals surface area contributed by atoms with Crippen LogP contribution in [0.3, 0.4) is 0 Å². The Hall–Kier alpha value is -2.20. The molecule has 1 heterocycles. The van der Waals surface area contributed by atoms with Gasteiger partial charge in [-0.1, -0.05) is 11.6 Å². The number of carbonyl (C=O) groups is 1. The molecule has 1 aliphatic heterocycles. The summed E-state index contributed by atoms with van der Waals surface area (Å²) in [6, 6.07) is 12.7. The van der Waals surface area contributed by atoms with Crippen LogP contribution < -0.4 is 14.4 Å². The number of amides is 1. The summed E-state index contributed by atoms with van der Waals surface area (Å²) < 4.78 is 10.7. The van der Waals surface area contributed by atoms with Gasteiger partial charge in [0, 0.05) is 17.3 Å². The van der Waals surface area contributed by atoms with Crippen LogP contribution in [0.15, 0.2) is 42.5 Å². The first kappa shape index (κ1) is 14.7. The van der Waals surface area contributed by atoms with Crippen molar-refractivity contribution < 1.29 is 14.3 Å². The van der Waals surface area contributed by atoms with Gasteiger partial charge in [0.05, 0.1) is 7.11 Å². The summed E-state index contributed by atoms with van der Waals surface area (Å²) >= 11 is 5.82. The molecule has 2 aromatic rings. The number of hydrogen-bond acceptors (Lipinski definition) is 3. The Kier molecular flexibility index (Phi) is 4.20. The SMILES string of the molecule is COc1ccc2c(c1)CCN2C(=O)COc1ccc(Cl)cc1. The molecule has 0 saturated carbocycles. The topological polar surface area (TPSA) is 38.8 Å². The van der Waals surface area contributed by atoms with Crippen LogP contribution in [0, 0.1) is 0 Å². The zero-order valence-corrected chi connectivity index (χ0v) is 13.0. The molecule has 0 spiro atoms. The van der Waals surface area contributed by atoms with E-state index in [2.05, 4.69) is 0 Å². The van der Waals surface area contributed by atoms with E-state index in [9.17, 15) is 4.79 Å². The molecular weight excluding hydrogens is 302 g/mol. The monoisotopic (exact) mass is 317 g/mol. The van der Waals surface area contributed by atoms with Crippen molar-refractivity contribution >= 4 is 23.2 Å². The van der Waals surface area contributed by atoms with Crippen molar-refractivity contribution in [3.8, 4) is 11.5 Å². The van der Waals surface area contributed by atoms with Crippen LogP contribution >= 0.6 is 11.6 Å². The Morgan fingerprint density at radius 3 is 2.64 bits per heavy atom. The molecule has 0 bridgehead atoms. The smallest absolute Gasteiger partial charge is 0.264 e. The molecule has 0 saturated heterocycles. The average Bonchev–Trinajstić information content (AvgIpc) is 2.97. The van der Waals surface area contributed by atoms with Crippen LogP contribution in [0.2, 0.25) is 5.02 Å². The second kappa shape index (κ2) is 6.28. The fraction of sp³-hybridized carbons (Fsp3) is 0.235. The summed E-state index contributed by atoms with van der Waals surface area (Å²) in [6.45, 7) is 0.679. The lowest BCUT2D eigenvalue weighted by atomic mass is 10.1. The van der Waals surface area contributed by atoms with Gasteiger partial charge in [0.15, 0.2) is 6.61 Å². The van der Waals surface area contributed by atoms with Crippen LogP contribution in [0.4, 0.5) is 5.69 Å². The minimum Gasteiger partial charge on any atom is -0.497 e. The molecule has 4 nitrogen and oxygen atoms in total. The first-order chi connectivity index (χ1) is 10.7. The predicted molar refractivity (Wildman–Crippen MR) is 86.0 cm³/mol. The molecule has 2 aromatic carbocycles. The van der Waals surface area contributed by atoms with E-state index >= 15 is 0 Å². The maximum Gasteiger partial charge on any atom is 0.264 e. The van der Waals surface area contributed by atoms with E-state index in [-0.39, 0.29) is 12.5 Å². The molecule has 0 atom stereocenters. The Labute approximate surface area is 134 Å². The number of halogens is 1. The number of carbonyl (C=O) groups excluding carboxylic acids is 1. The quantitative estimate of drug-likeness (QED) is 0.868. The van der Waals surface area contributed by atoms with Crippen molar-refractivity contribution in [2.75, 3.05) is 25.2 Å². The van der Waals surface area contributed by atoms with E-state index in [0.29, 0.717) is 17.3 Å². The van der Waals surface area contributed by atoms with Gasteiger partial charge in [-0.15, -0.1) is 0 Å². The minimum absolute atomic E-state index is 0.00705. The number of rotatable bonds is 4. The van der Waals surface area contributed by atoms with E-state index < -0.39 is 0 Å². The molecule has 3 rings (SSSR count). The normalized spacial score (nSPS) is 12.9. The number of fused-ring (bicyclic) bond motifs is 1. The average molecular weight is 318 g/mol. The molecule has 0 unspecified atom stereocenters. The van der Waals surface area contributed by atoms with Gasteiger partial charge in [-0.05, 0) is 54.4 Å². The van der Waals surface area contributed by atoms with Crippen LogP contribution in [0.5, 0.6) is 11.5 Å². The molecule has 22 heavy (non-hydrogen) atoms. The summed E-state index contributed by atoms with van der Waals surface area (Å²) in [5.74, 6) is 1.39. The third-order valence-corrected chi connectivity index (χ3v) is 3.91. The zero-order valence-electron chi connectivity index (χ0n) is 12.2. The van der Waals surface area contributed by atoms with Crippen LogP contribution in [0.25, 0.3) is 0 Å². The van der Waals surface area contributed by atoms with Crippen molar-refractivity contribution in [1.82, 2.24) is 0 Å². The molecule has 5 heteroatoms. The minimum atomic E-state index is -0.0566. The number of hydrogen-bond donors (Lipinski definition) is 0. The molecule has 114 valence electrons. The summed E-state index contributed by atoms with van der Waals surface area (Å²) in [6.07, 6.45) is 0.833. The predicted octanol–water partition coefficient (Wildman–Crippen LogP) is 3.32. The zero-order chi connectivity index (χ0) is 15.5. The van der Waals surface area contributed by atoms with Gasteiger partial charge in [-0.2, -0.15) is 0 Å². The lowest BCUT2D eigenvalue weighted by molar-refractivity contribution is -0.120. The van der Waals surface area contributed by atoms with Gasteiger partial charge in [-0.3, -0.25) is 4.79 Å². The van der Waals surface area contributed by atoms with Gasteiger partial charge < -0.3 is 14.4 Å². The summed E-state index contributed by atoms with van der Waals surface area (Å²) in [7, 11) is 1.64. The van der Waals surface area contributed by atoms with Gasteiger partial charge in [0.2, 0.25) is 0 Å². The fourth-order valence-corrected chi connectivity index (χ4v) is 2.64. The van der Waals surface area contributed by atoms with Crippen molar-refractivity contribution in [1.29, 1.82) is 0 Å². The van der Waals surface area contributed by atoms with Crippen molar-refractivity contribution in [3.05, 3.63) is 53.1 Å². The van der Waals surface area contributed by atoms with Gasteiger partial charge >= 0.3 is 0 Å². The summed E-state index contributed by atoms with van der Waals surface area (Å²) in [4.78, 5) is 14.1. The first-order valence-electron chi connectivity index (χ1n) is 7.03. The summed E-state index contributed by atoms with van der Waals surface area (Å²) in [5.41, 5.74) is 2.06. The number of benzene rings is 2. The highest BCUT2D eigenvalue weighted by Gasteiger charge is 2.25. The molecule has 0 aliphatic carbocycles. The molecular formula is C17H16ClNO3. The highest BCUT2D eigenvalue weighted by molar-refractivity contribution is 6.30. The second-order valence-electron chi connectivity index (χ2n) is 5.03. The van der Waals surface area contributed by atoms with Crippen LogP contribution in [0.1, 0.15) is 5.56 Å². The van der Waals surface area contributed by atoms with Gasteiger partial charge in [0.1, 0.15) is 11.5 Å². The molecule has 0 fully saturated rings. The number of ether oxygens (including phenoxy) is 2. The molecule has 0 N–H and O–H groups in total. The maximum absolute atomic E-state index is 12.3. The highest BCUT2D eigenvalue weighted by atomic mass is 35.5. The largest absolute Gasteiger partial charge is 0.497 e. The van der Waals surface area contributed by atoms with Crippen molar-refractivity contribution in [3.63, 3.8) is 0 Å². The molecule has 0 radical (unpaired) electrons.